The van der Waals surface area contributed by atoms with Crippen LogP contribution in [0.25, 0.3) is 10.2 Å². The Balaban J connectivity index is 1.71. The van der Waals surface area contributed by atoms with Crippen molar-refractivity contribution in [1.82, 2.24) is 9.55 Å². The van der Waals surface area contributed by atoms with E-state index >= 15 is 0 Å². The third-order valence-corrected chi connectivity index (χ3v) is 6.96. The van der Waals surface area contributed by atoms with Gasteiger partial charge >= 0.3 is 0 Å². The number of aromatic nitrogens is 2. The van der Waals surface area contributed by atoms with Gasteiger partial charge < -0.3 is 4.74 Å². The summed E-state index contributed by atoms with van der Waals surface area (Å²) >= 11 is 3.36. The molecular weight excluding hydrogens is 364 g/mol. The molecule has 0 spiro atoms. The van der Waals surface area contributed by atoms with Gasteiger partial charge in [-0.25, -0.2) is 4.98 Å². The van der Waals surface area contributed by atoms with E-state index in [1.165, 1.54) is 16.0 Å². The smallest absolute Gasteiger partial charge is 0.263 e. The van der Waals surface area contributed by atoms with Gasteiger partial charge in [0.1, 0.15) is 4.83 Å². The SMILES string of the molecule is COCCCn1c(SCc2ccccc2)nc2sc3c(c2c1=O)CCC3. The molecule has 1 aliphatic rings. The maximum atomic E-state index is 13.3. The number of hydrogen-bond acceptors (Lipinski definition) is 5. The molecule has 0 amide bonds. The second-order valence-corrected chi connectivity index (χ2v) is 8.54. The highest BCUT2D eigenvalue weighted by Gasteiger charge is 2.23. The largest absolute Gasteiger partial charge is 0.385 e. The summed E-state index contributed by atoms with van der Waals surface area (Å²) in [4.78, 5) is 20.4. The lowest BCUT2D eigenvalue weighted by Gasteiger charge is -2.12. The van der Waals surface area contributed by atoms with Gasteiger partial charge in [0.25, 0.3) is 5.56 Å². The average Bonchev–Trinajstić information content (AvgIpc) is 3.23. The van der Waals surface area contributed by atoms with Gasteiger partial charge in [0.2, 0.25) is 0 Å². The minimum atomic E-state index is 0.126. The van der Waals surface area contributed by atoms with Crippen LogP contribution in [0.2, 0.25) is 0 Å². The molecule has 2 aromatic heterocycles. The Morgan fingerprint density at radius 3 is 2.92 bits per heavy atom. The van der Waals surface area contributed by atoms with Crippen molar-refractivity contribution in [3.05, 3.63) is 56.7 Å². The van der Waals surface area contributed by atoms with Gasteiger partial charge in [0.05, 0.1) is 5.39 Å². The first-order valence-electron chi connectivity index (χ1n) is 8.98. The first kappa shape index (κ1) is 17.8. The Morgan fingerprint density at radius 1 is 1.27 bits per heavy atom. The van der Waals surface area contributed by atoms with Crippen LogP contribution in [0.15, 0.2) is 40.3 Å². The molecule has 0 unspecified atom stereocenters. The molecule has 0 fully saturated rings. The Hall–Kier alpha value is -1.63. The van der Waals surface area contributed by atoms with Crippen LogP contribution >= 0.6 is 23.1 Å². The first-order chi connectivity index (χ1) is 12.8. The summed E-state index contributed by atoms with van der Waals surface area (Å²) in [5.41, 5.74) is 2.62. The third kappa shape index (κ3) is 3.46. The summed E-state index contributed by atoms with van der Waals surface area (Å²) < 4.78 is 7.04. The topological polar surface area (TPSA) is 44.1 Å². The molecule has 0 N–H and O–H groups in total. The van der Waals surface area contributed by atoms with Crippen molar-refractivity contribution in [3.8, 4) is 0 Å². The van der Waals surface area contributed by atoms with Gasteiger partial charge in [-0.2, -0.15) is 0 Å². The normalized spacial score (nSPS) is 13.4. The number of ether oxygens (including phenoxy) is 1. The Bertz CT molecular complexity index is 963. The van der Waals surface area contributed by atoms with Crippen molar-refractivity contribution >= 4 is 33.3 Å². The van der Waals surface area contributed by atoms with Crippen LogP contribution in [0.1, 0.15) is 28.8 Å². The van der Waals surface area contributed by atoms with Crippen molar-refractivity contribution in [3.63, 3.8) is 0 Å². The molecule has 3 aromatic rings. The van der Waals surface area contributed by atoms with Gasteiger partial charge in [0.15, 0.2) is 5.16 Å². The molecule has 0 saturated heterocycles. The number of aryl methyl sites for hydroxylation is 2. The second-order valence-electron chi connectivity index (χ2n) is 6.51. The van der Waals surface area contributed by atoms with E-state index < -0.39 is 0 Å². The first-order valence-corrected chi connectivity index (χ1v) is 10.8. The standard InChI is InChI=1S/C20H22N2O2S2/c1-24-12-6-11-22-19(23)17-15-9-5-10-16(15)26-18(17)21-20(22)25-13-14-7-3-2-4-8-14/h2-4,7-8H,5-6,9-13H2,1H3. The Labute approximate surface area is 161 Å². The summed E-state index contributed by atoms with van der Waals surface area (Å²) in [7, 11) is 1.70. The van der Waals surface area contributed by atoms with Crippen LogP contribution in [0.4, 0.5) is 0 Å². The van der Waals surface area contributed by atoms with Crippen LogP contribution in [-0.2, 0) is 29.9 Å². The molecule has 0 atom stereocenters. The molecule has 0 aliphatic heterocycles. The van der Waals surface area contributed by atoms with E-state index in [1.807, 2.05) is 22.8 Å². The van der Waals surface area contributed by atoms with Gasteiger partial charge in [-0.3, -0.25) is 9.36 Å². The van der Waals surface area contributed by atoms with Gasteiger partial charge in [-0.15, -0.1) is 11.3 Å². The average molecular weight is 387 g/mol. The van der Waals surface area contributed by atoms with E-state index in [-0.39, 0.29) is 5.56 Å². The molecule has 2 heterocycles. The fourth-order valence-corrected chi connectivity index (χ4v) is 5.74. The lowest BCUT2D eigenvalue weighted by Crippen LogP contribution is -2.24. The molecule has 0 bridgehead atoms. The number of nitrogens with zero attached hydrogens (tertiary/aromatic N) is 2. The lowest BCUT2D eigenvalue weighted by atomic mass is 10.2. The van der Waals surface area contributed by atoms with E-state index in [1.54, 1.807) is 30.2 Å². The lowest BCUT2D eigenvalue weighted by molar-refractivity contribution is 0.189. The molecule has 0 radical (unpaired) electrons. The fourth-order valence-electron chi connectivity index (χ4n) is 3.45. The molecule has 0 saturated carbocycles. The Kier molecular flexibility index (Phi) is 5.43. The zero-order valence-electron chi connectivity index (χ0n) is 14.9. The van der Waals surface area contributed by atoms with E-state index in [2.05, 4.69) is 12.1 Å². The summed E-state index contributed by atoms with van der Waals surface area (Å²) in [5.74, 6) is 0.814. The van der Waals surface area contributed by atoms with Crippen LogP contribution in [0, 0.1) is 0 Å². The highest BCUT2D eigenvalue weighted by atomic mass is 32.2. The van der Waals surface area contributed by atoms with Crippen LogP contribution in [0.5, 0.6) is 0 Å². The minimum Gasteiger partial charge on any atom is -0.385 e. The van der Waals surface area contributed by atoms with Crippen LogP contribution < -0.4 is 5.56 Å². The molecule has 4 rings (SSSR count). The molecular formula is C20H22N2O2S2. The van der Waals surface area contributed by atoms with Gasteiger partial charge in [0, 0.05) is 30.9 Å². The predicted molar refractivity (Wildman–Crippen MR) is 108 cm³/mol. The molecule has 136 valence electrons. The quantitative estimate of drug-likeness (QED) is 0.345. The predicted octanol–water partition coefficient (Wildman–Crippen LogP) is 4.28. The molecule has 1 aromatic carbocycles. The van der Waals surface area contributed by atoms with Crippen LogP contribution in [-0.4, -0.2) is 23.3 Å². The molecule has 1 aliphatic carbocycles. The highest BCUT2D eigenvalue weighted by Crippen LogP contribution is 2.35. The Morgan fingerprint density at radius 2 is 2.12 bits per heavy atom. The van der Waals surface area contributed by atoms with E-state index in [9.17, 15) is 4.79 Å². The van der Waals surface area contributed by atoms with Crippen molar-refractivity contribution in [2.45, 2.75) is 43.1 Å². The summed E-state index contributed by atoms with van der Waals surface area (Å²) in [6, 6.07) is 10.3. The number of thiophene rings is 1. The highest BCUT2D eigenvalue weighted by molar-refractivity contribution is 7.98. The second kappa shape index (κ2) is 7.94. The maximum absolute atomic E-state index is 13.3. The summed E-state index contributed by atoms with van der Waals surface area (Å²) in [6.45, 7) is 1.30. The summed E-state index contributed by atoms with van der Waals surface area (Å²) in [6.07, 6.45) is 4.08. The van der Waals surface area contributed by atoms with E-state index in [0.717, 1.165) is 46.8 Å². The van der Waals surface area contributed by atoms with Crippen molar-refractivity contribution in [2.75, 3.05) is 13.7 Å². The number of thioether (sulfide) groups is 1. The number of hydrogen-bond donors (Lipinski definition) is 0. The molecule has 4 nitrogen and oxygen atoms in total. The van der Waals surface area contributed by atoms with E-state index in [4.69, 9.17) is 9.72 Å². The summed E-state index contributed by atoms with van der Waals surface area (Å²) in [5, 5.41) is 1.69. The van der Waals surface area contributed by atoms with E-state index in [0.29, 0.717) is 13.2 Å². The van der Waals surface area contributed by atoms with Crippen molar-refractivity contribution in [2.24, 2.45) is 0 Å². The van der Waals surface area contributed by atoms with Crippen LogP contribution in [0.3, 0.4) is 0 Å². The molecule has 26 heavy (non-hydrogen) atoms. The minimum absolute atomic E-state index is 0.126. The zero-order chi connectivity index (χ0) is 17.9. The zero-order valence-corrected chi connectivity index (χ0v) is 16.5. The number of fused-ring (bicyclic) bond motifs is 3. The monoisotopic (exact) mass is 386 g/mol. The maximum Gasteiger partial charge on any atom is 0.263 e. The van der Waals surface area contributed by atoms with Crippen molar-refractivity contribution in [1.29, 1.82) is 0 Å². The number of benzene rings is 1. The van der Waals surface area contributed by atoms with Gasteiger partial charge in [-0.1, -0.05) is 42.1 Å². The number of methoxy groups -OCH3 is 1. The molecule has 6 heteroatoms. The van der Waals surface area contributed by atoms with Crippen molar-refractivity contribution < 1.29 is 4.74 Å². The fraction of sp³-hybridized carbons (Fsp3) is 0.400. The van der Waals surface area contributed by atoms with Gasteiger partial charge in [-0.05, 0) is 36.8 Å². The third-order valence-electron chi connectivity index (χ3n) is 4.73. The number of rotatable bonds is 7.